The maximum absolute atomic E-state index is 11.1. The molecule has 2 rings (SSSR count). The molecule has 0 fully saturated rings. The summed E-state index contributed by atoms with van der Waals surface area (Å²) in [6, 6.07) is 0. The molecule has 0 spiro atoms. The number of hydrogen-bond acceptors (Lipinski definition) is 1. The summed E-state index contributed by atoms with van der Waals surface area (Å²) < 4.78 is 0. The van der Waals surface area contributed by atoms with Crippen LogP contribution in [0.25, 0.3) is 0 Å². The average molecular weight is 174 g/mol. The summed E-state index contributed by atoms with van der Waals surface area (Å²) in [5.74, 6) is 0. The van der Waals surface area contributed by atoms with Crippen molar-refractivity contribution in [1.82, 2.24) is 0 Å². The third-order valence-electron chi connectivity index (χ3n) is 2.95. The van der Waals surface area contributed by atoms with E-state index in [1.54, 1.807) is 0 Å². The van der Waals surface area contributed by atoms with Crippen molar-refractivity contribution in [2.75, 3.05) is 0 Å². The SMILES string of the molecule is O=CC1(C2=CCCC2)C=CC=CC1. The van der Waals surface area contributed by atoms with E-state index in [0.29, 0.717) is 0 Å². The average Bonchev–Trinajstić information content (AvgIpc) is 2.72. The Bertz CT molecular complexity index is 296. The van der Waals surface area contributed by atoms with Crippen LogP contribution < -0.4 is 0 Å². The highest BCUT2D eigenvalue weighted by Crippen LogP contribution is 2.39. The largest absolute Gasteiger partial charge is 0.302 e. The van der Waals surface area contributed by atoms with Crippen molar-refractivity contribution >= 4 is 6.29 Å². The minimum absolute atomic E-state index is 0.286. The summed E-state index contributed by atoms with van der Waals surface area (Å²) in [5.41, 5.74) is 1.04. The Morgan fingerprint density at radius 2 is 2.31 bits per heavy atom. The van der Waals surface area contributed by atoms with E-state index in [9.17, 15) is 4.79 Å². The summed E-state index contributed by atoms with van der Waals surface area (Å²) in [5, 5.41) is 0. The quantitative estimate of drug-likeness (QED) is 0.464. The first-order chi connectivity index (χ1) is 6.37. The van der Waals surface area contributed by atoms with Crippen LogP contribution in [0.4, 0.5) is 0 Å². The number of carbonyl (C=O) groups excluding carboxylic acids is 1. The second kappa shape index (κ2) is 3.33. The molecule has 0 aromatic heterocycles. The van der Waals surface area contributed by atoms with Gasteiger partial charge in [0.25, 0.3) is 0 Å². The van der Waals surface area contributed by atoms with Gasteiger partial charge in [0.15, 0.2) is 0 Å². The molecule has 0 saturated heterocycles. The van der Waals surface area contributed by atoms with Gasteiger partial charge in [-0.25, -0.2) is 0 Å². The van der Waals surface area contributed by atoms with Crippen molar-refractivity contribution in [2.45, 2.75) is 25.7 Å². The smallest absolute Gasteiger partial charge is 0.134 e. The molecule has 0 radical (unpaired) electrons. The number of aldehydes is 1. The van der Waals surface area contributed by atoms with Gasteiger partial charge in [0.1, 0.15) is 6.29 Å². The van der Waals surface area contributed by atoms with E-state index in [2.05, 4.69) is 12.2 Å². The van der Waals surface area contributed by atoms with E-state index in [0.717, 1.165) is 25.5 Å². The highest BCUT2D eigenvalue weighted by Gasteiger charge is 2.31. The molecule has 2 aliphatic rings. The third-order valence-corrected chi connectivity index (χ3v) is 2.95. The van der Waals surface area contributed by atoms with Crippen LogP contribution in [-0.2, 0) is 4.79 Å². The van der Waals surface area contributed by atoms with Crippen molar-refractivity contribution in [2.24, 2.45) is 5.41 Å². The molecule has 68 valence electrons. The van der Waals surface area contributed by atoms with Crippen LogP contribution in [0.1, 0.15) is 25.7 Å². The maximum atomic E-state index is 11.1. The zero-order chi connectivity index (χ0) is 9.15. The Labute approximate surface area is 78.8 Å². The van der Waals surface area contributed by atoms with Crippen molar-refractivity contribution < 1.29 is 4.79 Å². The summed E-state index contributed by atoms with van der Waals surface area (Å²) in [7, 11) is 0. The molecule has 1 unspecified atom stereocenters. The van der Waals surface area contributed by atoms with E-state index < -0.39 is 0 Å². The molecule has 0 amide bonds. The first-order valence-electron chi connectivity index (χ1n) is 4.88. The van der Waals surface area contributed by atoms with Gasteiger partial charge < -0.3 is 4.79 Å². The predicted octanol–water partition coefficient (Wildman–Crippen LogP) is 2.80. The molecule has 1 heteroatoms. The fourth-order valence-electron chi connectivity index (χ4n) is 2.13. The Morgan fingerprint density at radius 3 is 2.85 bits per heavy atom. The Kier molecular flexibility index (Phi) is 2.17. The molecule has 0 N–H and O–H groups in total. The zero-order valence-electron chi connectivity index (χ0n) is 7.70. The molecular weight excluding hydrogens is 160 g/mol. The predicted molar refractivity (Wildman–Crippen MR) is 53.3 cm³/mol. The molecule has 1 nitrogen and oxygen atoms in total. The van der Waals surface area contributed by atoms with Crippen molar-refractivity contribution in [3.05, 3.63) is 36.0 Å². The first-order valence-corrected chi connectivity index (χ1v) is 4.88. The zero-order valence-corrected chi connectivity index (χ0v) is 7.70. The van der Waals surface area contributed by atoms with Gasteiger partial charge in [0.05, 0.1) is 5.41 Å². The standard InChI is InChI=1S/C12H14O/c13-10-12(8-4-1-5-9-12)11-6-2-3-7-11/h1,4-6,8,10H,2-3,7,9H2. The lowest BCUT2D eigenvalue weighted by atomic mass is 9.76. The second-order valence-electron chi connectivity index (χ2n) is 3.77. The van der Waals surface area contributed by atoms with Crippen LogP contribution in [0.15, 0.2) is 36.0 Å². The summed E-state index contributed by atoms with van der Waals surface area (Å²) >= 11 is 0. The van der Waals surface area contributed by atoms with Crippen LogP contribution in [-0.4, -0.2) is 6.29 Å². The monoisotopic (exact) mass is 174 g/mol. The van der Waals surface area contributed by atoms with Gasteiger partial charge in [0.2, 0.25) is 0 Å². The topological polar surface area (TPSA) is 17.1 Å². The minimum atomic E-state index is -0.286. The molecule has 0 aliphatic heterocycles. The number of allylic oxidation sites excluding steroid dienone is 6. The van der Waals surface area contributed by atoms with Crippen molar-refractivity contribution in [3.63, 3.8) is 0 Å². The molecule has 0 heterocycles. The van der Waals surface area contributed by atoms with Crippen molar-refractivity contribution in [1.29, 1.82) is 0 Å². The molecule has 2 aliphatic carbocycles. The number of rotatable bonds is 2. The molecule has 1 atom stereocenters. The Hall–Kier alpha value is -1.11. The van der Waals surface area contributed by atoms with E-state index in [4.69, 9.17) is 0 Å². The van der Waals surface area contributed by atoms with Gasteiger partial charge >= 0.3 is 0 Å². The maximum Gasteiger partial charge on any atom is 0.134 e. The molecule has 0 aromatic rings. The van der Waals surface area contributed by atoms with Gasteiger partial charge in [-0.15, -0.1) is 0 Å². The van der Waals surface area contributed by atoms with Crippen LogP contribution >= 0.6 is 0 Å². The van der Waals surface area contributed by atoms with Gasteiger partial charge in [-0.3, -0.25) is 0 Å². The number of hydrogen-bond donors (Lipinski definition) is 0. The molecule has 13 heavy (non-hydrogen) atoms. The highest BCUT2D eigenvalue weighted by atomic mass is 16.1. The first kappa shape index (κ1) is 8.49. The normalized spacial score (nSPS) is 31.8. The lowest BCUT2D eigenvalue weighted by Crippen LogP contribution is -2.22. The van der Waals surface area contributed by atoms with E-state index in [1.807, 2.05) is 18.2 Å². The molecule has 0 aromatic carbocycles. The Balaban J connectivity index is 2.29. The van der Waals surface area contributed by atoms with Crippen LogP contribution in [0.3, 0.4) is 0 Å². The van der Waals surface area contributed by atoms with Crippen molar-refractivity contribution in [3.8, 4) is 0 Å². The summed E-state index contributed by atoms with van der Waals surface area (Å²) in [6.45, 7) is 0. The Morgan fingerprint density at radius 1 is 1.38 bits per heavy atom. The fourth-order valence-corrected chi connectivity index (χ4v) is 2.13. The number of carbonyl (C=O) groups is 1. The van der Waals surface area contributed by atoms with Gasteiger partial charge in [-0.2, -0.15) is 0 Å². The van der Waals surface area contributed by atoms with E-state index in [1.165, 1.54) is 12.0 Å². The summed E-state index contributed by atoms with van der Waals surface area (Å²) in [6.07, 6.45) is 15.7. The molecule has 0 saturated carbocycles. The second-order valence-corrected chi connectivity index (χ2v) is 3.77. The molecular formula is C12H14O. The van der Waals surface area contributed by atoms with Crippen LogP contribution in [0.2, 0.25) is 0 Å². The third kappa shape index (κ3) is 1.39. The van der Waals surface area contributed by atoms with Crippen LogP contribution in [0, 0.1) is 5.41 Å². The van der Waals surface area contributed by atoms with Gasteiger partial charge in [-0.1, -0.05) is 36.0 Å². The van der Waals surface area contributed by atoms with Crippen LogP contribution in [0.5, 0.6) is 0 Å². The van der Waals surface area contributed by atoms with E-state index >= 15 is 0 Å². The molecule has 0 bridgehead atoms. The van der Waals surface area contributed by atoms with E-state index in [-0.39, 0.29) is 5.41 Å². The highest BCUT2D eigenvalue weighted by molar-refractivity contribution is 5.70. The van der Waals surface area contributed by atoms with Gasteiger partial charge in [-0.05, 0) is 25.7 Å². The van der Waals surface area contributed by atoms with Gasteiger partial charge in [0, 0.05) is 0 Å². The lowest BCUT2D eigenvalue weighted by Gasteiger charge is -2.26. The lowest BCUT2D eigenvalue weighted by molar-refractivity contribution is -0.112. The fraction of sp³-hybridized carbons (Fsp3) is 0.417. The minimum Gasteiger partial charge on any atom is -0.302 e. The summed E-state index contributed by atoms with van der Waals surface area (Å²) in [4.78, 5) is 11.1.